The van der Waals surface area contributed by atoms with Crippen molar-refractivity contribution < 1.29 is 22.4 Å². The van der Waals surface area contributed by atoms with Gasteiger partial charge < -0.3 is 4.90 Å². The second-order valence-electron chi connectivity index (χ2n) is 6.16. The van der Waals surface area contributed by atoms with Crippen molar-refractivity contribution >= 4 is 17.7 Å². The van der Waals surface area contributed by atoms with E-state index in [0.29, 0.717) is 18.7 Å². The number of nitrogens with zero attached hydrogens (tertiary/aromatic N) is 3. The van der Waals surface area contributed by atoms with Crippen LogP contribution in [0.2, 0.25) is 0 Å². The third-order valence-electron chi connectivity index (χ3n) is 4.17. The third-order valence-corrected chi connectivity index (χ3v) is 5.00. The van der Waals surface area contributed by atoms with Crippen LogP contribution in [0.1, 0.15) is 25.0 Å². The summed E-state index contributed by atoms with van der Waals surface area (Å²) in [6.07, 6.45) is -1.70. The maximum atomic E-state index is 13.2. The van der Waals surface area contributed by atoms with Gasteiger partial charge in [-0.25, -0.2) is 14.4 Å². The van der Waals surface area contributed by atoms with Crippen LogP contribution in [0.3, 0.4) is 0 Å². The fraction of sp³-hybridized carbons (Fsp3) is 0.389. The van der Waals surface area contributed by atoms with E-state index in [1.165, 1.54) is 12.1 Å². The second kappa shape index (κ2) is 8.24. The molecular formula is C18H17F4N3OS. The summed E-state index contributed by atoms with van der Waals surface area (Å²) in [5, 5.41) is -0.130. The first kappa shape index (κ1) is 19.6. The van der Waals surface area contributed by atoms with Crippen molar-refractivity contribution in [2.45, 2.75) is 30.6 Å². The first-order valence-electron chi connectivity index (χ1n) is 8.46. The van der Waals surface area contributed by atoms with Gasteiger partial charge in [0.2, 0.25) is 5.91 Å². The summed E-state index contributed by atoms with van der Waals surface area (Å²) in [6.45, 7) is 1.34. The summed E-state index contributed by atoms with van der Waals surface area (Å²) in [5.74, 6) is -0.654. The lowest BCUT2D eigenvalue weighted by Gasteiger charge is -2.26. The molecule has 1 aliphatic heterocycles. The normalized spacial score (nSPS) is 15.0. The quantitative estimate of drug-likeness (QED) is 0.434. The van der Waals surface area contributed by atoms with Crippen molar-refractivity contribution in [1.29, 1.82) is 0 Å². The van der Waals surface area contributed by atoms with Crippen LogP contribution >= 0.6 is 11.8 Å². The third kappa shape index (κ3) is 5.18. The van der Waals surface area contributed by atoms with Gasteiger partial charge in [0.05, 0.1) is 11.4 Å². The van der Waals surface area contributed by atoms with Gasteiger partial charge in [0.1, 0.15) is 11.5 Å². The molecule has 0 spiro atoms. The Kier molecular flexibility index (Phi) is 5.98. The summed E-state index contributed by atoms with van der Waals surface area (Å²) in [7, 11) is 0. The Hall–Kier alpha value is -2.16. The van der Waals surface area contributed by atoms with Crippen molar-refractivity contribution in [3.63, 3.8) is 0 Å². The first-order chi connectivity index (χ1) is 12.8. The molecule has 4 nitrogen and oxygen atoms in total. The highest BCUT2D eigenvalue weighted by Crippen LogP contribution is 2.32. The van der Waals surface area contributed by atoms with Gasteiger partial charge >= 0.3 is 6.18 Å². The molecule has 1 aromatic carbocycles. The number of piperidine rings is 1. The molecule has 0 radical (unpaired) electrons. The summed E-state index contributed by atoms with van der Waals surface area (Å²) in [5.41, 5.74) is -0.719. The summed E-state index contributed by atoms with van der Waals surface area (Å²) in [6, 6.07) is 5.83. The molecular weight excluding hydrogens is 382 g/mol. The van der Waals surface area contributed by atoms with Gasteiger partial charge in [-0.05, 0) is 49.6 Å². The van der Waals surface area contributed by atoms with E-state index in [-0.39, 0.29) is 22.5 Å². The highest BCUT2D eigenvalue weighted by Gasteiger charge is 2.34. The van der Waals surface area contributed by atoms with Crippen molar-refractivity contribution in [3.8, 4) is 11.3 Å². The number of amides is 1. The second-order valence-corrected chi connectivity index (χ2v) is 7.10. The average molecular weight is 399 g/mol. The van der Waals surface area contributed by atoms with Crippen LogP contribution in [-0.4, -0.2) is 39.6 Å². The largest absolute Gasteiger partial charge is 0.433 e. The molecule has 0 aliphatic carbocycles. The van der Waals surface area contributed by atoms with Gasteiger partial charge in [-0.2, -0.15) is 13.2 Å². The number of likely N-dealkylation sites (tertiary alicyclic amines) is 1. The van der Waals surface area contributed by atoms with Crippen LogP contribution in [0.5, 0.6) is 0 Å². The lowest BCUT2D eigenvalue weighted by Crippen LogP contribution is -2.36. The number of aromatic nitrogens is 2. The van der Waals surface area contributed by atoms with E-state index < -0.39 is 17.7 Å². The maximum absolute atomic E-state index is 13.2. The van der Waals surface area contributed by atoms with Crippen LogP contribution < -0.4 is 0 Å². The molecule has 3 rings (SSSR count). The number of alkyl halides is 3. The zero-order valence-corrected chi connectivity index (χ0v) is 15.1. The Morgan fingerprint density at radius 2 is 1.74 bits per heavy atom. The smallest absolute Gasteiger partial charge is 0.342 e. The minimum Gasteiger partial charge on any atom is -0.342 e. The molecule has 144 valence electrons. The highest BCUT2D eigenvalue weighted by molar-refractivity contribution is 7.99. The molecule has 1 saturated heterocycles. The predicted octanol–water partition coefficient (Wildman–Crippen LogP) is 4.41. The molecule has 0 saturated carbocycles. The number of carbonyl (C=O) groups is 1. The minimum atomic E-state index is -4.65. The van der Waals surface area contributed by atoms with Gasteiger partial charge in [-0.3, -0.25) is 4.79 Å². The SMILES string of the molecule is O=C(CSc1nc(-c2ccc(F)cc2)cc(C(F)(F)F)n1)N1CCCCC1. The van der Waals surface area contributed by atoms with E-state index in [4.69, 9.17) is 0 Å². The monoisotopic (exact) mass is 399 g/mol. The Morgan fingerprint density at radius 1 is 1.07 bits per heavy atom. The van der Waals surface area contributed by atoms with E-state index in [1.807, 2.05) is 0 Å². The van der Waals surface area contributed by atoms with Gasteiger partial charge in [0, 0.05) is 18.7 Å². The first-order valence-corrected chi connectivity index (χ1v) is 9.44. The van der Waals surface area contributed by atoms with Gasteiger partial charge in [0.25, 0.3) is 0 Å². The molecule has 2 aromatic rings. The van der Waals surface area contributed by atoms with Crippen LogP contribution in [0, 0.1) is 5.82 Å². The number of thioether (sulfide) groups is 1. The van der Waals surface area contributed by atoms with Gasteiger partial charge in [0.15, 0.2) is 5.16 Å². The van der Waals surface area contributed by atoms with Crippen LogP contribution in [0.25, 0.3) is 11.3 Å². The number of halogens is 4. The number of hydrogen-bond acceptors (Lipinski definition) is 4. The lowest BCUT2D eigenvalue weighted by molar-refractivity contribution is -0.141. The molecule has 1 aliphatic rings. The van der Waals surface area contributed by atoms with E-state index in [9.17, 15) is 22.4 Å². The van der Waals surface area contributed by atoms with Crippen LogP contribution in [0.4, 0.5) is 17.6 Å². The van der Waals surface area contributed by atoms with E-state index >= 15 is 0 Å². The standard InChI is InChI=1S/C18H17F4N3OS/c19-13-6-4-12(5-7-13)14-10-15(18(20,21)22)24-17(23-14)27-11-16(26)25-8-2-1-3-9-25/h4-7,10H,1-3,8-9,11H2. The van der Waals surface area contributed by atoms with Crippen LogP contribution in [-0.2, 0) is 11.0 Å². The Bertz CT molecular complexity index is 805. The number of carbonyl (C=O) groups excluding carboxylic acids is 1. The Morgan fingerprint density at radius 3 is 2.37 bits per heavy atom. The summed E-state index contributed by atoms with van der Waals surface area (Å²) in [4.78, 5) is 21.6. The molecule has 9 heteroatoms. The van der Waals surface area contributed by atoms with Crippen molar-refractivity contribution in [1.82, 2.24) is 14.9 Å². The topological polar surface area (TPSA) is 46.1 Å². The molecule has 1 aromatic heterocycles. The van der Waals surface area contributed by atoms with Crippen molar-refractivity contribution in [2.24, 2.45) is 0 Å². The summed E-state index contributed by atoms with van der Waals surface area (Å²) < 4.78 is 52.6. The fourth-order valence-corrected chi connectivity index (χ4v) is 3.53. The molecule has 1 amide bonds. The Labute approximate surface area is 158 Å². The molecule has 0 unspecified atom stereocenters. The molecule has 0 N–H and O–H groups in total. The van der Waals surface area contributed by atoms with E-state index in [1.54, 1.807) is 4.90 Å². The lowest BCUT2D eigenvalue weighted by atomic mass is 10.1. The van der Waals surface area contributed by atoms with Crippen molar-refractivity contribution in [2.75, 3.05) is 18.8 Å². The molecule has 2 heterocycles. The minimum absolute atomic E-state index is 0.0236. The highest BCUT2D eigenvalue weighted by atomic mass is 32.2. The fourth-order valence-electron chi connectivity index (χ4n) is 2.76. The maximum Gasteiger partial charge on any atom is 0.433 e. The number of rotatable bonds is 4. The van der Waals surface area contributed by atoms with E-state index in [2.05, 4.69) is 9.97 Å². The van der Waals surface area contributed by atoms with Gasteiger partial charge in [-0.15, -0.1) is 0 Å². The predicted molar refractivity (Wildman–Crippen MR) is 93.6 cm³/mol. The molecule has 1 fully saturated rings. The average Bonchev–Trinajstić information content (AvgIpc) is 2.66. The van der Waals surface area contributed by atoms with Gasteiger partial charge in [-0.1, -0.05) is 11.8 Å². The Balaban J connectivity index is 1.82. The zero-order chi connectivity index (χ0) is 19.4. The summed E-state index contributed by atoms with van der Waals surface area (Å²) >= 11 is 0.877. The number of benzene rings is 1. The zero-order valence-electron chi connectivity index (χ0n) is 14.3. The van der Waals surface area contributed by atoms with E-state index in [0.717, 1.165) is 49.2 Å². The molecule has 0 atom stereocenters. The number of hydrogen-bond donors (Lipinski definition) is 0. The van der Waals surface area contributed by atoms with Crippen LogP contribution in [0.15, 0.2) is 35.5 Å². The molecule has 0 bridgehead atoms. The molecule has 27 heavy (non-hydrogen) atoms. The van der Waals surface area contributed by atoms with Crippen molar-refractivity contribution in [3.05, 3.63) is 41.8 Å².